The maximum Gasteiger partial charge on any atom is 0.313 e. The summed E-state index contributed by atoms with van der Waals surface area (Å²) in [6.45, 7) is 17.3. The summed E-state index contributed by atoms with van der Waals surface area (Å²) in [5.41, 5.74) is -0.560. The Kier molecular flexibility index (Phi) is 3.66. The van der Waals surface area contributed by atoms with Gasteiger partial charge in [-0.15, -0.1) is 0 Å². The van der Waals surface area contributed by atoms with Gasteiger partial charge in [-0.2, -0.15) is 0 Å². The monoisotopic (exact) mass is 254 g/mol. The highest BCUT2D eigenvalue weighted by atomic mass is 16.6. The fraction of sp³-hybridized carbons (Fsp3) is 0.938. The van der Waals surface area contributed by atoms with E-state index in [9.17, 15) is 4.79 Å². The van der Waals surface area contributed by atoms with Crippen molar-refractivity contribution in [2.75, 3.05) is 0 Å². The van der Waals surface area contributed by atoms with Crippen LogP contribution in [-0.4, -0.2) is 11.6 Å². The van der Waals surface area contributed by atoms with Gasteiger partial charge in [-0.25, -0.2) is 0 Å². The lowest BCUT2D eigenvalue weighted by molar-refractivity contribution is -0.159. The van der Waals surface area contributed by atoms with Crippen LogP contribution in [0.15, 0.2) is 0 Å². The van der Waals surface area contributed by atoms with Gasteiger partial charge in [0.15, 0.2) is 0 Å². The molecule has 1 atom stereocenters. The van der Waals surface area contributed by atoms with Crippen molar-refractivity contribution in [2.45, 2.75) is 80.3 Å². The first-order valence-electron chi connectivity index (χ1n) is 7.09. The molecule has 2 nitrogen and oxygen atoms in total. The minimum absolute atomic E-state index is 0.00859. The summed E-state index contributed by atoms with van der Waals surface area (Å²) in [7, 11) is 0. The lowest BCUT2D eigenvalue weighted by Gasteiger charge is -2.44. The van der Waals surface area contributed by atoms with Gasteiger partial charge in [0.25, 0.3) is 0 Å². The van der Waals surface area contributed by atoms with Gasteiger partial charge in [0, 0.05) is 6.42 Å². The van der Waals surface area contributed by atoms with Crippen molar-refractivity contribution in [3.8, 4) is 0 Å². The Morgan fingerprint density at radius 3 is 1.94 bits per heavy atom. The lowest BCUT2D eigenvalue weighted by atomic mass is 9.56. The number of hydrogen-bond acceptors (Lipinski definition) is 2. The van der Waals surface area contributed by atoms with E-state index in [0.717, 1.165) is 19.3 Å². The van der Waals surface area contributed by atoms with Gasteiger partial charge in [-0.3, -0.25) is 4.79 Å². The topological polar surface area (TPSA) is 26.3 Å². The molecule has 0 N–H and O–H groups in total. The second-order valence-corrected chi connectivity index (χ2v) is 8.38. The number of ether oxygens (including phenoxy) is 1. The highest BCUT2D eigenvalue weighted by Gasteiger charge is 2.60. The van der Waals surface area contributed by atoms with E-state index in [2.05, 4.69) is 41.5 Å². The van der Waals surface area contributed by atoms with Crippen molar-refractivity contribution < 1.29 is 9.53 Å². The summed E-state index contributed by atoms with van der Waals surface area (Å²) in [6.07, 6.45) is 2.72. The van der Waals surface area contributed by atoms with E-state index in [0.29, 0.717) is 0 Å². The summed E-state index contributed by atoms with van der Waals surface area (Å²) >= 11 is 0. The van der Waals surface area contributed by atoms with Crippen LogP contribution in [0.5, 0.6) is 0 Å². The smallest absolute Gasteiger partial charge is 0.313 e. The average molecular weight is 254 g/mol. The standard InChI is InChI=1S/C16H30O2/c1-9-14(5,6)16(10-13(2,3)4)11-15(7,8)18-12(16)17/h9-11H2,1-8H3. The summed E-state index contributed by atoms with van der Waals surface area (Å²) < 4.78 is 5.66. The molecular formula is C16H30O2. The zero-order valence-corrected chi connectivity index (χ0v) is 13.4. The Balaban J connectivity index is 3.24. The molecule has 1 unspecified atom stereocenters. The molecule has 0 aromatic rings. The van der Waals surface area contributed by atoms with Gasteiger partial charge in [0.1, 0.15) is 5.60 Å². The molecule has 0 aliphatic carbocycles. The number of rotatable bonds is 3. The molecule has 1 rings (SSSR count). The normalized spacial score (nSPS) is 28.3. The minimum atomic E-state index is -0.344. The van der Waals surface area contributed by atoms with Gasteiger partial charge in [-0.05, 0) is 37.5 Å². The average Bonchev–Trinajstić information content (AvgIpc) is 2.34. The lowest BCUT2D eigenvalue weighted by Crippen LogP contribution is -2.44. The molecule has 1 saturated heterocycles. The molecule has 2 heteroatoms. The van der Waals surface area contributed by atoms with Crippen LogP contribution >= 0.6 is 0 Å². The van der Waals surface area contributed by atoms with E-state index >= 15 is 0 Å². The molecule has 1 heterocycles. The number of hydrogen-bond donors (Lipinski definition) is 0. The zero-order chi connectivity index (χ0) is 14.4. The molecule has 106 valence electrons. The summed E-state index contributed by atoms with van der Waals surface area (Å²) in [5.74, 6) is 0.00859. The van der Waals surface area contributed by atoms with Crippen molar-refractivity contribution in [3.63, 3.8) is 0 Å². The van der Waals surface area contributed by atoms with Crippen molar-refractivity contribution in [1.29, 1.82) is 0 Å². The Morgan fingerprint density at radius 1 is 1.17 bits per heavy atom. The van der Waals surface area contributed by atoms with Crippen molar-refractivity contribution >= 4 is 5.97 Å². The second-order valence-electron chi connectivity index (χ2n) is 8.38. The third-order valence-electron chi connectivity index (χ3n) is 4.50. The minimum Gasteiger partial charge on any atom is -0.459 e. The van der Waals surface area contributed by atoms with E-state index in [-0.39, 0.29) is 27.8 Å². The molecule has 0 aromatic heterocycles. The van der Waals surface area contributed by atoms with Gasteiger partial charge in [0.2, 0.25) is 0 Å². The van der Waals surface area contributed by atoms with E-state index in [4.69, 9.17) is 4.74 Å². The third-order valence-corrected chi connectivity index (χ3v) is 4.50. The highest BCUT2D eigenvalue weighted by molar-refractivity contribution is 5.80. The van der Waals surface area contributed by atoms with Crippen molar-refractivity contribution in [1.82, 2.24) is 0 Å². The van der Waals surface area contributed by atoms with E-state index < -0.39 is 0 Å². The van der Waals surface area contributed by atoms with Gasteiger partial charge in [-0.1, -0.05) is 41.5 Å². The maximum absolute atomic E-state index is 12.6. The van der Waals surface area contributed by atoms with Crippen LogP contribution in [0.4, 0.5) is 0 Å². The van der Waals surface area contributed by atoms with Crippen LogP contribution in [0.3, 0.4) is 0 Å². The first kappa shape index (κ1) is 15.5. The first-order chi connectivity index (χ1) is 7.85. The van der Waals surface area contributed by atoms with Crippen molar-refractivity contribution in [2.24, 2.45) is 16.2 Å². The molecule has 0 amide bonds. The summed E-state index contributed by atoms with van der Waals surface area (Å²) in [6, 6.07) is 0. The molecule has 0 saturated carbocycles. The van der Waals surface area contributed by atoms with Crippen LogP contribution in [0, 0.1) is 16.2 Å². The van der Waals surface area contributed by atoms with Gasteiger partial charge in [0.05, 0.1) is 5.41 Å². The van der Waals surface area contributed by atoms with Crippen LogP contribution in [-0.2, 0) is 9.53 Å². The molecule has 0 bridgehead atoms. The van der Waals surface area contributed by atoms with Crippen molar-refractivity contribution in [3.05, 3.63) is 0 Å². The van der Waals surface area contributed by atoms with E-state index in [1.54, 1.807) is 0 Å². The molecule has 1 aliphatic rings. The fourth-order valence-electron chi connectivity index (χ4n) is 3.32. The number of cyclic esters (lactones) is 1. The predicted octanol–water partition coefficient (Wildman–Crippen LogP) is 4.57. The quantitative estimate of drug-likeness (QED) is 0.690. The Bertz CT molecular complexity index is 333. The fourth-order valence-corrected chi connectivity index (χ4v) is 3.32. The molecule has 0 spiro atoms. The van der Waals surface area contributed by atoms with Crippen LogP contribution in [0.25, 0.3) is 0 Å². The van der Waals surface area contributed by atoms with Crippen LogP contribution in [0.2, 0.25) is 0 Å². The Hall–Kier alpha value is -0.530. The van der Waals surface area contributed by atoms with Gasteiger partial charge >= 0.3 is 5.97 Å². The summed E-state index contributed by atoms with van der Waals surface area (Å²) in [4.78, 5) is 12.6. The Labute approximate surface area is 112 Å². The van der Waals surface area contributed by atoms with E-state index in [1.165, 1.54) is 0 Å². The zero-order valence-electron chi connectivity index (χ0n) is 13.4. The molecule has 1 aliphatic heterocycles. The summed E-state index contributed by atoms with van der Waals surface area (Å²) in [5, 5.41) is 0. The molecule has 18 heavy (non-hydrogen) atoms. The van der Waals surface area contributed by atoms with Crippen LogP contribution in [0.1, 0.15) is 74.7 Å². The van der Waals surface area contributed by atoms with E-state index in [1.807, 2.05) is 13.8 Å². The Morgan fingerprint density at radius 2 is 1.67 bits per heavy atom. The third kappa shape index (κ3) is 2.73. The molecule has 0 aromatic carbocycles. The van der Waals surface area contributed by atoms with Crippen LogP contribution < -0.4 is 0 Å². The van der Waals surface area contributed by atoms with Gasteiger partial charge < -0.3 is 4.74 Å². The SMILES string of the molecule is CCC(C)(C)C1(CC(C)(C)C)CC(C)(C)OC1=O. The number of carbonyl (C=O) groups excluding carboxylic acids is 1. The maximum atomic E-state index is 12.6. The molecular weight excluding hydrogens is 224 g/mol. The first-order valence-corrected chi connectivity index (χ1v) is 7.09. The highest BCUT2D eigenvalue weighted by Crippen LogP contribution is 2.58. The second kappa shape index (κ2) is 4.25. The molecule has 1 fully saturated rings. The number of esters is 1. The largest absolute Gasteiger partial charge is 0.459 e. The predicted molar refractivity (Wildman–Crippen MR) is 75.4 cm³/mol. The number of carbonyl (C=O) groups is 1. The molecule has 0 radical (unpaired) electrons.